The Kier molecular flexibility index (Phi) is 5.56. The SMILES string of the molecule is Cc1nc2c(N3CC[C@H](O)C3)c(NC(=O)c3ccc(=O)n(-c4c(F)cccc4F)n3)ccc2n1C. The number of aliphatic hydroxyl groups is 1. The van der Waals surface area contributed by atoms with Gasteiger partial charge in [-0.3, -0.25) is 9.59 Å². The van der Waals surface area contributed by atoms with Gasteiger partial charge in [-0.25, -0.2) is 13.8 Å². The summed E-state index contributed by atoms with van der Waals surface area (Å²) in [7, 11) is 1.89. The molecule has 11 heteroatoms. The molecule has 5 rings (SSSR count). The van der Waals surface area contributed by atoms with Gasteiger partial charge in [-0.15, -0.1) is 0 Å². The number of para-hydroxylation sites is 1. The van der Waals surface area contributed by atoms with Gasteiger partial charge in [-0.1, -0.05) is 6.07 Å². The van der Waals surface area contributed by atoms with Gasteiger partial charge in [0.15, 0.2) is 11.6 Å². The third-order valence-electron chi connectivity index (χ3n) is 6.16. The molecule has 3 heterocycles. The summed E-state index contributed by atoms with van der Waals surface area (Å²) in [6.07, 6.45) is 0.0792. The first-order chi connectivity index (χ1) is 16.7. The number of hydrogen-bond acceptors (Lipinski definition) is 6. The van der Waals surface area contributed by atoms with Crippen LogP contribution in [0.4, 0.5) is 20.2 Å². The number of nitrogens with one attached hydrogen (secondary N) is 1. The van der Waals surface area contributed by atoms with Crippen molar-refractivity contribution in [2.75, 3.05) is 23.3 Å². The van der Waals surface area contributed by atoms with Gasteiger partial charge in [0.1, 0.15) is 22.7 Å². The Morgan fingerprint density at radius 3 is 2.54 bits per heavy atom. The van der Waals surface area contributed by atoms with E-state index in [1.54, 1.807) is 6.07 Å². The number of nitrogens with zero attached hydrogens (tertiary/aromatic N) is 5. The first-order valence-corrected chi connectivity index (χ1v) is 11.0. The molecule has 2 aromatic carbocycles. The Balaban J connectivity index is 1.56. The number of aliphatic hydroxyl groups excluding tert-OH is 1. The predicted molar refractivity (Wildman–Crippen MR) is 126 cm³/mol. The van der Waals surface area contributed by atoms with Gasteiger partial charge in [0, 0.05) is 26.2 Å². The highest BCUT2D eigenvalue weighted by Crippen LogP contribution is 2.36. The van der Waals surface area contributed by atoms with E-state index < -0.39 is 34.9 Å². The number of carbonyl (C=O) groups excluding carboxylic acids is 1. The number of anilines is 2. The van der Waals surface area contributed by atoms with Crippen molar-refractivity contribution in [3.63, 3.8) is 0 Å². The van der Waals surface area contributed by atoms with Crippen molar-refractivity contribution in [1.29, 1.82) is 0 Å². The number of aryl methyl sites for hydroxylation is 2. The van der Waals surface area contributed by atoms with Crippen LogP contribution in [0.3, 0.4) is 0 Å². The first kappa shape index (κ1) is 22.7. The van der Waals surface area contributed by atoms with Crippen molar-refractivity contribution >= 4 is 28.3 Å². The van der Waals surface area contributed by atoms with E-state index in [2.05, 4.69) is 15.4 Å². The molecule has 0 spiro atoms. The maximum Gasteiger partial charge on any atom is 0.276 e. The van der Waals surface area contributed by atoms with Crippen molar-refractivity contribution in [1.82, 2.24) is 19.3 Å². The lowest BCUT2D eigenvalue weighted by atomic mass is 10.2. The standard InChI is InChI=1S/C24H22F2N6O3/c1-13-27-21-19(30(13)2)8-6-17(23(21)31-11-10-14(33)12-31)28-24(35)18-7-9-20(34)32(29-18)22-15(25)4-3-5-16(22)26/h3-9,14,33H,10-12H2,1-2H3,(H,28,35)/t14-/m0/s1. The lowest BCUT2D eigenvalue weighted by molar-refractivity contribution is 0.102. The molecule has 35 heavy (non-hydrogen) atoms. The zero-order valence-corrected chi connectivity index (χ0v) is 19.0. The maximum atomic E-state index is 14.3. The van der Waals surface area contributed by atoms with Gasteiger partial charge >= 0.3 is 0 Å². The number of aromatic nitrogens is 4. The Morgan fingerprint density at radius 1 is 1.11 bits per heavy atom. The molecule has 0 saturated carbocycles. The summed E-state index contributed by atoms with van der Waals surface area (Å²) >= 11 is 0. The molecule has 9 nitrogen and oxygen atoms in total. The summed E-state index contributed by atoms with van der Waals surface area (Å²) in [5, 5.41) is 16.8. The van der Waals surface area contributed by atoms with Gasteiger partial charge in [0.25, 0.3) is 11.5 Å². The summed E-state index contributed by atoms with van der Waals surface area (Å²) < 4.78 is 31.0. The number of fused-ring (bicyclic) bond motifs is 1. The fraction of sp³-hybridized carbons (Fsp3) is 0.250. The van der Waals surface area contributed by atoms with Crippen LogP contribution in [-0.2, 0) is 7.05 Å². The van der Waals surface area contributed by atoms with E-state index in [0.717, 1.165) is 29.5 Å². The van der Waals surface area contributed by atoms with Crippen LogP contribution in [0.1, 0.15) is 22.7 Å². The van der Waals surface area contributed by atoms with Gasteiger partial charge < -0.3 is 19.9 Å². The second-order valence-corrected chi connectivity index (χ2v) is 8.43. The zero-order valence-electron chi connectivity index (χ0n) is 19.0. The lowest BCUT2D eigenvalue weighted by Gasteiger charge is -2.22. The maximum absolute atomic E-state index is 14.3. The predicted octanol–water partition coefficient (Wildman–Crippen LogP) is 2.53. The van der Waals surface area contributed by atoms with Crippen LogP contribution in [0.15, 0.2) is 47.3 Å². The van der Waals surface area contributed by atoms with Gasteiger partial charge in [-0.05, 0) is 43.7 Å². The highest BCUT2D eigenvalue weighted by Gasteiger charge is 2.27. The molecule has 1 amide bonds. The van der Waals surface area contributed by atoms with E-state index in [-0.39, 0.29) is 5.69 Å². The molecule has 1 saturated heterocycles. The molecular formula is C24H22F2N6O3. The largest absolute Gasteiger partial charge is 0.391 e. The number of halogens is 2. The number of carbonyl (C=O) groups is 1. The Bertz CT molecular complexity index is 1510. The van der Waals surface area contributed by atoms with E-state index >= 15 is 0 Å². The molecule has 1 atom stereocenters. The van der Waals surface area contributed by atoms with Crippen LogP contribution in [0.2, 0.25) is 0 Å². The summed E-state index contributed by atoms with van der Waals surface area (Å²) in [6, 6.07) is 8.94. The molecule has 180 valence electrons. The summed E-state index contributed by atoms with van der Waals surface area (Å²) in [4.78, 5) is 32.0. The van der Waals surface area contributed by atoms with Crippen molar-refractivity contribution in [3.8, 4) is 5.69 Å². The van der Waals surface area contributed by atoms with Gasteiger partial charge in [0.05, 0.1) is 23.0 Å². The summed E-state index contributed by atoms with van der Waals surface area (Å²) in [6.45, 7) is 2.83. The monoisotopic (exact) mass is 480 g/mol. The number of imidazole rings is 1. The van der Waals surface area contributed by atoms with Gasteiger partial charge in [0.2, 0.25) is 0 Å². The molecule has 1 aliphatic heterocycles. The average Bonchev–Trinajstić information content (AvgIpc) is 3.37. The Hall–Kier alpha value is -4.12. The van der Waals surface area contributed by atoms with Crippen LogP contribution in [0.25, 0.3) is 16.7 Å². The molecular weight excluding hydrogens is 458 g/mol. The minimum Gasteiger partial charge on any atom is -0.391 e. The number of β-amino-alcohol motifs (C(OH)–C–C–N with tert-alkyl or cyclic N) is 1. The number of benzene rings is 2. The Morgan fingerprint density at radius 2 is 1.86 bits per heavy atom. The van der Waals surface area contributed by atoms with E-state index in [0.29, 0.717) is 41.1 Å². The zero-order chi connectivity index (χ0) is 24.9. The number of hydrogen-bond donors (Lipinski definition) is 2. The quantitative estimate of drug-likeness (QED) is 0.465. The molecule has 0 unspecified atom stereocenters. The van der Waals surface area contributed by atoms with E-state index in [1.807, 2.05) is 29.5 Å². The Labute approximate surface area is 198 Å². The minimum absolute atomic E-state index is 0.211. The van der Waals surface area contributed by atoms with E-state index in [9.17, 15) is 23.5 Å². The first-order valence-electron chi connectivity index (χ1n) is 11.0. The fourth-order valence-electron chi connectivity index (χ4n) is 4.30. The van der Waals surface area contributed by atoms with Gasteiger partial charge in [-0.2, -0.15) is 9.78 Å². The number of rotatable bonds is 4. The third kappa shape index (κ3) is 3.93. The molecule has 0 bridgehead atoms. The second kappa shape index (κ2) is 8.58. The van der Waals surface area contributed by atoms with Crippen LogP contribution in [0, 0.1) is 18.6 Å². The highest BCUT2D eigenvalue weighted by atomic mass is 19.1. The lowest BCUT2D eigenvalue weighted by Crippen LogP contribution is -2.27. The van der Waals surface area contributed by atoms with Crippen molar-refractivity contribution in [3.05, 3.63) is 76.0 Å². The van der Waals surface area contributed by atoms with Crippen LogP contribution in [-0.4, -0.2) is 49.5 Å². The topological polar surface area (TPSA) is 105 Å². The van der Waals surface area contributed by atoms with Crippen molar-refractivity contribution < 1.29 is 18.7 Å². The fourth-order valence-corrected chi connectivity index (χ4v) is 4.30. The normalized spacial score (nSPS) is 15.7. The summed E-state index contributed by atoms with van der Waals surface area (Å²) in [5.41, 5.74) is 0.960. The third-order valence-corrected chi connectivity index (χ3v) is 6.16. The van der Waals surface area contributed by atoms with E-state index in [1.165, 1.54) is 12.1 Å². The molecule has 2 N–H and O–H groups in total. The van der Waals surface area contributed by atoms with Crippen LogP contribution in [0.5, 0.6) is 0 Å². The molecule has 4 aromatic rings. The minimum atomic E-state index is -0.983. The molecule has 1 aliphatic rings. The average molecular weight is 480 g/mol. The van der Waals surface area contributed by atoms with Crippen LogP contribution >= 0.6 is 0 Å². The number of amides is 1. The summed E-state index contributed by atoms with van der Waals surface area (Å²) in [5.74, 6) is -1.86. The molecule has 1 fully saturated rings. The van der Waals surface area contributed by atoms with Crippen LogP contribution < -0.4 is 15.8 Å². The van der Waals surface area contributed by atoms with Crippen molar-refractivity contribution in [2.45, 2.75) is 19.4 Å². The molecule has 0 radical (unpaired) electrons. The highest BCUT2D eigenvalue weighted by molar-refractivity contribution is 6.08. The molecule has 2 aromatic heterocycles. The molecule has 0 aliphatic carbocycles. The van der Waals surface area contributed by atoms with E-state index in [4.69, 9.17) is 0 Å². The second-order valence-electron chi connectivity index (χ2n) is 8.43. The van der Waals surface area contributed by atoms with Crippen molar-refractivity contribution in [2.24, 2.45) is 7.05 Å². The smallest absolute Gasteiger partial charge is 0.276 e.